The maximum absolute atomic E-state index is 11.3. The van der Waals surface area contributed by atoms with Crippen LogP contribution in [0.4, 0.5) is 0 Å². The summed E-state index contributed by atoms with van der Waals surface area (Å²) >= 11 is 0. The maximum Gasteiger partial charge on any atom is 0.335 e. The van der Waals surface area contributed by atoms with Crippen molar-refractivity contribution in [2.75, 3.05) is 7.11 Å². The number of hydrogen-bond donors (Lipinski definition) is 1. The molecule has 0 aliphatic heterocycles. The number of carbonyl (C=O) groups is 1. The number of aromatic carboxylic acids is 1. The lowest BCUT2D eigenvalue weighted by atomic mass is 10.1. The molecule has 0 unspecified atom stereocenters. The summed E-state index contributed by atoms with van der Waals surface area (Å²) in [5.74, 6) is 0.760. The Kier molecular flexibility index (Phi) is 4.81. The summed E-state index contributed by atoms with van der Waals surface area (Å²) in [5, 5.41) is 9.29. The van der Waals surface area contributed by atoms with E-state index in [1.165, 1.54) is 5.56 Å². The van der Waals surface area contributed by atoms with Gasteiger partial charge in [-0.15, -0.1) is 0 Å². The molecular weight excluding hydrogens is 352 g/mol. The van der Waals surface area contributed by atoms with Gasteiger partial charge in [-0.25, -0.2) is 9.78 Å². The van der Waals surface area contributed by atoms with E-state index in [9.17, 15) is 9.90 Å². The average Bonchev–Trinajstić information content (AvgIpc) is 3.05. The minimum Gasteiger partial charge on any atom is -0.497 e. The van der Waals surface area contributed by atoms with E-state index in [4.69, 9.17) is 9.72 Å². The number of methoxy groups -OCH3 is 1. The van der Waals surface area contributed by atoms with Crippen molar-refractivity contribution in [3.63, 3.8) is 0 Å². The quantitative estimate of drug-likeness (QED) is 0.545. The second kappa shape index (κ2) is 7.56. The van der Waals surface area contributed by atoms with Crippen molar-refractivity contribution in [1.82, 2.24) is 9.55 Å². The number of hydrogen-bond acceptors (Lipinski definition) is 3. The fourth-order valence-electron chi connectivity index (χ4n) is 3.32. The van der Waals surface area contributed by atoms with Crippen LogP contribution in [0.1, 0.15) is 27.3 Å². The van der Waals surface area contributed by atoms with Crippen LogP contribution in [0.25, 0.3) is 11.0 Å². The zero-order valence-corrected chi connectivity index (χ0v) is 15.5. The zero-order chi connectivity index (χ0) is 19.5. The largest absolute Gasteiger partial charge is 0.497 e. The van der Waals surface area contributed by atoms with E-state index in [1.807, 2.05) is 48.5 Å². The first-order valence-electron chi connectivity index (χ1n) is 9.03. The highest BCUT2D eigenvalue weighted by molar-refractivity contribution is 5.92. The molecule has 4 rings (SSSR count). The molecular formula is C23H20N2O3. The van der Waals surface area contributed by atoms with Crippen LogP contribution in [0.5, 0.6) is 5.75 Å². The van der Waals surface area contributed by atoms with Crippen LogP contribution in [0.15, 0.2) is 72.8 Å². The molecule has 5 nitrogen and oxygen atoms in total. The van der Waals surface area contributed by atoms with Gasteiger partial charge in [0.1, 0.15) is 11.6 Å². The molecule has 0 atom stereocenters. The Hall–Kier alpha value is -3.60. The Labute approximate surface area is 162 Å². The molecule has 4 aromatic rings. The molecule has 0 saturated heterocycles. The first-order valence-corrected chi connectivity index (χ1v) is 9.03. The first kappa shape index (κ1) is 17.8. The molecule has 1 heterocycles. The SMILES string of the molecule is COc1ccc(Cc2nc3cc(C(=O)O)ccc3n2Cc2ccccc2)cc1. The van der Waals surface area contributed by atoms with E-state index in [1.54, 1.807) is 19.2 Å². The molecule has 3 aromatic carbocycles. The summed E-state index contributed by atoms with van der Waals surface area (Å²) in [5.41, 5.74) is 4.15. The molecule has 28 heavy (non-hydrogen) atoms. The number of benzene rings is 3. The minimum atomic E-state index is -0.948. The van der Waals surface area contributed by atoms with Crippen molar-refractivity contribution in [3.8, 4) is 5.75 Å². The van der Waals surface area contributed by atoms with Crippen molar-refractivity contribution < 1.29 is 14.6 Å². The van der Waals surface area contributed by atoms with E-state index in [0.29, 0.717) is 18.5 Å². The van der Waals surface area contributed by atoms with Crippen LogP contribution >= 0.6 is 0 Å². The van der Waals surface area contributed by atoms with Gasteiger partial charge in [-0.1, -0.05) is 42.5 Å². The van der Waals surface area contributed by atoms with Gasteiger partial charge in [0.2, 0.25) is 0 Å². The van der Waals surface area contributed by atoms with Crippen LogP contribution in [-0.2, 0) is 13.0 Å². The van der Waals surface area contributed by atoms with Gasteiger partial charge in [0.05, 0.1) is 23.7 Å². The lowest BCUT2D eigenvalue weighted by molar-refractivity contribution is 0.0697. The first-order chi connectivity index (χ1) is 13.6. The third-order valence-corrected chi connectivity index (χ3v) is 4.78. The Morgan fingerprint density at radius 2 is 1.75 bits per heavy atom. The predicted molar refractivity (Wildman–Crippen MR) is 108 cm³/mol. The smallest absolute Gasteiger partial charge is 0.335 e. The number of carboxylic acids is 1. The second-order valence-electron chi connectivity index (χ2n) is 6.63. The van der Waals surface area contributed by atoms with Gasteiger partial charge in [0.25, 0.3) is 0 Å². The predicted octanol–water partition coefficient (Wildman–Crippen LogP) is 4.38. The molecule has 0 spiro atoms. The van der Waals surface area contributed by atoms with E-state index in [0.717, 1.165) is 22.7 Å². The van der Waals surface area contributed by atoms with Crippen LogP contribution in [0.3, 0.4) is 0 Å². The second-order valence-corrected chi connectivity index (χ2v) is 6.63. The highest BCUT2D eigenvalue weighted by Gasteiger charge is 2.14. The average molecular weight is 372 g/mol. The van der Waals surface area contributed by atoms with Gasteiger partial charge < -0.3 is 14.4 Å². The van der Waals surface area contributed by atoms with Crippen molar-refractivity contribution in [1.29, 1.82) is 0 Å². The standard InChI is InChI=1S/C23H20N2O3/c1-28-19-10-7-16(8-11-19)13-22-24-20-14-18(23(26)27)9-12-21(20)25(22)15-17-5-3-2-4-6-17/h2-12,14H,13,15H2,1H3,(H,26,27). The lowest BCUT2D eigenvalue weighted by Crippen LogP contribution is -2.06. The van der Waals surface area contributed by atoms with Gasteiger partial charge in [0.15, 0.2) is 0 Å². The van der Waals surface area contributed by atoms with E-state index >= 15 is 0 Å². The molecule has 0 bridgehead atoms. The highest BCUT2D eigenvalue weighted by Crippen LogP contribution is 2.22. The van der Waals surface area contributed by atoms with Crippen molar-refractivity contribution >= 4 is 17.0 Å². The molecule has 140 valence electrons. The number of fused-ring (bicyclic) bond motifs is 1. The van der Waals surface area contributed by atoms with Crippen LogP contribution in [0.2, 0.25) is 0 Å². The summed E-state index contributed by atoms with van der Waals surface area (Å²) in [6, 6.07) is 23.2. The Morgan fingerprint density at radius 1 is 1.00 bits per heavy atom. The molecule has 0 saturated carbocycles. The van der Waals surface area contributed by atoms with Gasteiger partial charge in [-0.2, -0.15) is 0 Å². The third-order valence-electron chi connectivity index (χ3n) is 4.78. The maximum atomic E-state index is 11.3. The van der Waals surface area contributed by atoms with Gasteiger partial charge in [-0.05, 0) is 41.5 Å². The highest BCUT2D eigenvalue weighted by atomic mass is 16.5. The van der Waals surface area contributed by atoms with Crippen LogP contribution in [-0.4, -0.2) is 27.7 Å². The molecule has 1 N–H and O–H groups in total. The van der Waals surface area contributed by atoms with Crippen molar-refractivity contribution in [2.24, 2.45) is 0 Å². The van der Waals surface area contributed by atoms with Gasteiger partial charge in [0, 0.05) is 13.0 Å². The minimum absolute atomic E-state index is 0.243. The van der Waals surface area contributed by atoms with E-state index < -0.39 is 5.97 Å². The van der Waals surface area contributed by atoms with Crippen LogP contribution < -0.4 is 4.74 Å². The Bertz CT molecular complexity index is 1120. The Balaban J connectivity index is 1.77. The molecule has 1 aromatic heterocycles. The summed E-state index contributed by atoms with van der Waals surface area (Å²) in [6.07, 6.45) is 0.647. The fraction of sp³-hybridized carbons (Fsp3) is 0.130. The molecule has 0 radical (unpaired) electrons. The summed E-state index contributed by atoms with van der Waals surface area (Å²) < 4.78 is 7.38. The van der Waals surface area contributed by atoms with Gasteiger partial charge >= 0.3 is 5.97 Å². The monoisotopic (exact) mass is 372 g/mol. The summed E-state index contributed by atoms with van der Waals surface area (Å²) in [6.45, 7) is 0.676. The molecule has 0 aliphatic rings. The number of ether oxygens (including phenoxy) is 1. The summed E-state index contributed by atoms with van der Waals surface area (Å²) in [4.78, 5) is 16.1. The van der Waals surface area contributed by atoms with Crippen molar-refractivity contribution in [2.45, 2.75) is 13.0 Å². The topological polar surface area (TPSA) is 64.3 Å². The molecule has 5 heteroatoms. The molecule has 0 amide bonds. The summed E-state index contributed by atoms with van der Waals surface area (Å²) in [7, 11) is 1.65. The van der Waals surface area contributed by atoms with Crippen LogP contribution in [0, 0.1) is 0 Å². The van der Waals surface area contributed by atoms with E-state index in [-0.39, 0.29) is 5.56 Å². The number of nitrogens with zero attached hydrogens (tertiary/aromatic N) is 2. The number of aromatic nitrogens is 2. The fourth-order valence-corrected chi connectivity index (χ4v) is 3.32. The number of imidazole rings is 1. The Morgan fingerprint density at radius 3 is 2.43 bits per heavy atom. The van der Waals surface area contributed by atoms with Crippen molar-refractivity contribution in [3.05, 3.63) is 95.3 Å². The lowest BCUT2D eigenvalue weighted by Gasteiger charge is -2.10. The number of carboxylic acid groups (broad SMARTS) is 1. The molecule has 0 aliphatic carbocycles. The number of rotatable bonds is 6. The molecule has 0 fully saturated rings. The zero-order valence-electron chi connectivity index (χ0n) is 15.5. The third kappa shape index (κ3) is 3.60. The van der Waals surface area contributed by atoms with E-state index in [2.05, 4.69) is 16.7 Å². The normalized spacial score (nSPS) is 10.9. The van der Waals surface area contributed by atoms with Gasteiger partial charge in [-0.3, -0.25) is 0 Å².